The summed E-state index contributed by atoms with van der Waals surface area (Å²) in [6, 6.07) is 4.88. The quantitative estimate of drug-likeness (QED) is 0.827. The van der Waals surface area contributed by atoms with Gasteiger partial charge in [0.25, 0.3) is 0 Å². The molecule has 1 aromatic carbocycles. The van der Waals surface area contributed by atoms with Gasteiger partial charge in [-0.2, -0.15) is 0 Å². The largest absolute Gasteiger partial charge is 0.494 e. The maximum absolute atomic E-state index is 11.8. The number of nitrogens with one attached hydrogen (secondary N) is 1. The van der Waals surface area contributed by atoms with E-state index in [1.54, 1.807) is 25.2 Å². The van der Waals surface area contributed by atoms with E-state index in [2.05, 4.69) is 5.32 Å². The first-order chi connectivity index (χ1) is 8.63. The van der Waals surface area contributed by atoms with E-state index in [0.717, 1.165) is 0 Å². The lowest BCUT2D eigenvalue weighted by atomic mass is 10.2. The van der Waals surface area contributed by atoms with Gasteiger partial charge in [0, 0.05) is 13.6 Å². The third-order valence-corrected chi connectivity index (χ3v) is 2.44. The van der Waals surface area contributed by atoms with Crippen LogP contribution < -0.4 is 14.8 Å². The zero-order chi connectivity index (χ0) is 13.5. The van der Waals surface area contributed by atoms with Gasteiger partial charge in [-0.05, 0) is 12.1 Å². The van der Waals surface area contributed by atoms with Gasteiger partial charge in [0.2, 0.25) is 0 Å². The first-order valence-corrected chi connectivity index (χ1v) is 5.48. The zero-order valence-corrected chi connectivity index (χ0v) is 10.8. The smallest absolute Gasteiger partial charge is 0.321 e. The van der Waals surface area contributed by atoms with Gasteiger partial charge in [-0.15, -0.1) is 0 Å². The highest BCUT2D eigenvalue weighted by Crippen LogP contribution is 2.34. The number of rotatable bonds is 5. The van der Waals surface area contributed by atoms with Crippen molar-refractivity contribution in [1.82, 2.24) is 4.90 Å². The van der Waals surface area contributed by atoms with Crippen LogP contribution in [0.25, 0.3) is 0 Å². The van der Waals surface area contributed by atoms with E-state index in [1.807, 2.05) is 0 Å². The number of para-hydroxylation sites is 1. The number of carbonyl (C=O) groups is 1. The Balaban J connectivity index is 2.91. The Labute approximate surface area is 106 Å². The third kappa shape index (κ3) is 3.27. The average Bonchev–Trinajstić information content (AvgIpc) is 2.39. The van der Waals surface area contributed by atoms with Crippen molar-refractivity contribution in [2.75, 3.05) is 39.7 Å². The Morgan fingerprint density at radius 2 is 1.89 bits per heavy atom. The number of benzene rings is 1. The fraction of sp³-hybridized carbons (Fsp3) is 0.417. The van der Waals surface area contributed by atoms with Crippen molar-refractivity contribution in [2.45, 2.75) is 0 Å². The number of aliphatic hydroxyl groups is 1. The van der Waals surface area contributed by atoms with Crippen molar-refractivity contribution in [3.8, 4) is 11.5 Å². The molecule has 2 amide bonds. The highest BCUT2D eigenvalue weighted by Gasteiger charge is 2.15. The molecule has 0 bridgehead atoms. The number of amides is 2. The van der Waals surface area contributed by atoms with Crippen LogP contribution in [-0.4, -0.2) is 50.5 Å². The first-order valence-electron chi connectivity index (χ1n) is 5.48. The highest BCUT2D eigenvalue weighted by molar-refractivity contribution is 5.92. The molecule has 6 nitrogen and oxygen atoms in total. The zero-order valence-electron chi connectivity index (χ0n) is 10.8. The molecule has 18 heavy (non-hydrogen) atoms. The second-order valence-corrected chi connectivity index (χ2v) is 3.61. The molecule has 2 N–H and O–H groups in total. The second-order valence-electron chi connectivity index (χ2n) is 3.61. The molecule has 0 heterocycles. The number of hydrogen-bond acceptors (Lipinski definition) is 4. The Morgan fingerprint density at radius 3 is 2.33 bits per heavy atom. The molecular formula is C12H18N2O4. The Morgan fingerprint density at radius 1 is 1.33 bits per heavy atom. The van der Waals surface area contributed by atoms with Crippen molar-refractivity contribution in [3.63, 3.8) is 0 Å². The minimum atomic E-state index is -0.341. The van der Waals surface area contributed by atoms with Crippen LogP contribution in [0.4, 0.5) is 10.5 Å². The summed E-state index contributed by atoms with van der Waals surface area (Å²) >= 11 is 0. The number of likely N-dealkylation sites (N-methyl/N-ethyl adjacent to an activating group) is 1. The summed E-state index contributed by atoms with van der Waals surface area (Å²) in [5.41, 5.74) is 0.470. The topological polar surface area (TPSA) is 71.0 Å². The maximum atomic E-state index is 11.8. The molecule has 0 aliphatic rings. The molecule has 0 radical (unpaired) electrons. The minimum Gasteiger partial charge on any atom is -0.494 e. The van der Waals surface area contributed by atoms with Crippen molar-refractivity contribution in [2.24, 2.45) is 0 Å². The summed E-state index contributed by atoms with van der Waals surface area (Å²) in [4.78, 5) is 13.2. The second kappa shape index (κ2) is 6.70. The Bertz CT molecular complexity index is 387. The molecule has 1 rings (SSSR count). The van der Waals surface area contributed by atoms with Crippen molar-refractivity contribution < 1.29 is 19.4 Å². The molecule has 0 spiro atoms. The molecule has 0 fully saturated rings. The monoisotopic (exact) mass is 254 g/mol. The molecular weight excluding hydrogens is 236 g/mol. The van der Waals surface area contributed by atoms with E-state index in [-0.39, 0.29) is 19.2 Å². The highest BCUT2D eigenvalue weighted by atomic mass is 16.5. The van der Waals surface area contributed by atoms with Gasteiger partial charge in [-0.1, -0.05) is 6.07 Å². The van der Waals surface area contributed by atoms with E-state index in [9.17, 15) is 4.79 Å². The van der Waals surface area contributed by atoms with Gasteiger partial charge in [-0.25, -0.2) is 4.79 Å². The fourth-order valence-corrected chi connectivity index (χ4v) is 1.43. The first kappa shape index (κ1) is 14.1. The summed E-state index contributed by atoms with van der Waals surface area (Å²) in [6.45, 7) is 0.163. The number of aliphatic hydroxyl groups excluding tert-OH is 1. The lowest BCUT2D eigenvalue weighted by molar-refractivity contribution is 0.202. The molecule has 6 heteroatoms. The van der Waals surface area contributed by atoms with Crippen LogP contribution in [-0.2, 0) is 0 Å². The van der Waals surface area contributed by atoms with Gasteiger partial charge in [0.1, 0.15) is 17.2 Å². The molecule has 100 valence electrons. The Kier molecular flexibility index (Phi) is 5.26. The van der Waals surface area contributed by atoms with Gasteiger partial charge in [-0.3, -0.25) is 0 Å². The van der Waals surface area contributed by atoms with Crippen LogP contribution in [0.2, 0.25) is 0 Å². The number of carbonyl (C=O) groups excluding carboxylic acids is 1. The third-order valence-electron chi connectivity index (χ3n) is 2.44. The number of ether oxygens (including phenoxy) is 2. The van der Waals surface area contributed by atoms with Crippen molar-refractivity contribution >= 4 is 11.7 Å². The molecule has 0 aromatic heterocycles. The van der Waals surface area contributed by atoms with Crippen LogP contribution in [0.1, 0.15) is 0 Å². The summed E-state index contributed by atoms with van der Waals surface area (Å²) in [5.74, 6) is 1.03. The number of urea groups is 1. The number of anilines is 1. The van der Waals surface area contributed by atoms with E-state index in [0.29, 0.717) is 17.2 Å². The van der Waals surface area contributed by atoms with Crippen molar-refractivity contribution in [3.05, 3.63) is 18.2 Å². The molecule has 0 atom stereocenters. The molecule has 0 saturated carbocycles. The SMILES string of the molecule is COc1cccc(OC)c1NC(=O)N(C)CCO. The summed E-state index contributed by atoms with van der Waals surface area (Å²) in [5, 5.41) is 11.5. The van der Waals surface area contributed by atoms with E-state index < -0.39 is 0 Å². The maximum Gasteiger partial charge on any atom is 0.321 e. The summed E-state index contributed by atoms with van der Waals surface area (Å²) in [6.07, 6.45) is 0. The van der Waals surface area contributed by atoms with E-state index in [4.69, 9.17) is 14.6 Å². The number of hydrogen-bond donors (Lipinski definition) is 2. The predicted octanol–water partition coefficient (Wildman–Crippen LogP) is 1.16. The van der Waals surface area contributed by atoms with E-state index in [1.165, 1.54) is 19.1 Å². The van der Waals surface area contributed by atoms with Gasteiger partial charge < -0.3 is 24.8 Å². The lowest BCUT2D eigenvalue weighted by Gasteiger charge is -2.19. The van der Waals surface area contributed by atoms with Gasteiger partial charge in [0.15, 0.2) is 0 Å². The molecule has 1 aromatic rings. The summed E-state index contributed by atoms with van der Waals surface area (Å²) in [7, 11) is 4.62. The van der Waals surface area contributed by atoms with Crippen LogP contribution in [0, 0.1) is 0 Å². The lowest BCUT2D eigenvalue weighted by Crippen LogP contribution is -2.33. The van der Waals surface area contributed by atoms with Crippen LogP contribution in [0.3, 0.4) is 0 Å². The average molecular weight is 254 g/mol. The van der Waals surface area contributed by atoms with E-state index >= 15 is 0 Å². The summed E-state index contributed by atoms with van der Waals surface area (Å²) < 4.78 is 10.3. The normalized spacial score (nSPS) is 9.78. The number of nitrogens with zero attached hydrogens (tertiary/aromatic N) is 1. The van der Waals surface area contributed by atoms with Gasteiger partial charge in [0.05, 0.1) is 20.8 Å². The standard InChI is InChI=1S/C12H18N2O4/c1-14(7-8-15)12(16)13-11-9(17-2)5-4-6-10(11)18-3/h4-6,15H,7-8H2,1-3H3,(H,13,16). The molecule has 0 aliphatic heterocycles. The molecule has 0 unspecified atom stereocenters. The van der Waals surface area contributed by atoms with Crippen LogP contribution in [0.15, 0.2) is 18.2 Å². The Hall–Kier alpha value is -1.95. The fourth-order valence-electron chi connectivity index (χ4n) is 1.43. The van der Waals surface area contributed by atoms with Crippen molar-refractivity contribution in [1.29, 1.82) is 0 Å². The van der Waals surface area contributed by atoms with Gasteiger partial charge >= 0.3 is 6.03 Å². The number of methoxy groups -OCH3 is 2. The molecule has 0 saturated heterocycles. The van der Waals surface area contributed by atoms with Crippen LogP contribution >= 0.6 is 0 Å². The molecule has 0 aliphatic carbocycles. The van der Waals surface area contributed by atoms with Crippen LogP contribution in [0.5, 0.6) is 11.5 Å². The predicted molar refractivity (Wildman–Crippen MR) is 68.3 cm³/mol. The minimum absolute atomic E-state index is 0.0903.